The molecule has 0 aliphatic heterocycles. The molecule has 2 aliphatic carbocycles. The molecule has 166 valence electrons. The van der Waals surface area contributed by atoms with Crippen molar-refractivity contribution in [3.8, 4) is 0 Å². The average Bonchev–Trinajstić information content (AvgIpc) is 2.83. The van der Waals surface area contributed by atoms with Gasteiger partial charge in [0.2, 0.25) is 0 Å². The van der Waals surface area contributed by atoms with Crippen molar-refractivity contribution in [1.82, 2.24) is 0 Å². The standard InChI is InChI=1S/C22H24O.C10H8/c1-14(23)15-8-10-19-16(12-15)9-11-20-18-7-5-4-6-17(18)13-22(2,3)21(19)20;1-2-6-10-8-4-3-7-9(10)5-1/h5,7-12,14,23H,4,6,13H2,1-3H3;1-8H. The molecular weight excluding hydrogens is 400 g/mol. The normalized spacial score (nSPS) is 17.2. The lowest BCUT2D eigenvalue weighted by atomic mass is 9.67. The van der Waals surface area contributed by atoms with Crippen molar-refractivity contribution in [2.45, 2.75) is 51.6 Å². The van der Waals surface area contributed by atoms with Gasteiger partial charge in [-0.05, 0) is 81.5 Å². The van der Waals surface area contributed by atoms with Gasteiger partial charge >= 0.3 is 0 Å². The maximum absolute atomic E-state index is 9.86. The van der Waals surface area contributed by atoms with Crippen LogP contribution in [0, 0.1) is 0 Å². The van der Waals surface area contributed by atoms with E-state index in [0.717, 1.165) is 12.0 Å². The summed E-state index contributed by atoms with van der Waals surface area (Å²) in [5, 5.41) is 15.1. The van der Waals surface area contributed by atoms with Gasteiger partial charge in [0.15, 0.2) is 0 Å². The van der Waals surface area contributed by atoms with Crippen LogP contribution in [0.3, 0.4) is 0 Å². The fourth-order valence-corrected chi connectivity index (χ4v) is 5.49. The number of hydrogen-bond donors (Lipinski definition) is 1. The summed E-state index contributed by atoms with van der Waals surface area (Å²) in [6.45, 7) is 6.57. The molecule has 0 spiro atoms. The minimum Gasteiger partial charge on any atom is -0.389 e. The Kier molecular flexibility index (Phi) is 5.68. The van der Waals surface area contributed by atoms with E-state index in [2.05, 4.69) is 105 Å². The third-order valence-electron chi connectivity index (χ3n) is 7.09. The zero-order valence-corrected chi connectivity index (χ0v) is 19.8. The van der Waals surface area contributed by atoms with E-state index in [9.17, 15) is 5.11 Å². The van der Waals surface area contributed by atoms with E-state index in [1.54, 1.807) is 5.57 Å². The van der Waals surface area contributed by atoms with Crippen LogP contribution in [0.5, 0.6) is 0 Å². The molecule has 4 aromatic carbocycles. The molecular formula is C32H32O. The molecule has 0 heterocycles. The quantitative estimate of drug-likeness (QED) is 0.319. The summed E-state index contributed by atoms with van der Waals surface area (Å²) in [7, 11) is 0. The molecule has 1 atom stereocenters. The Morgan fingerprint density at radius 3 is 2.12 bits per heavy atom. The fraction of sp³-hybridized carbons (Fsp3) is 0.250. The number of aliphatic hydroxyl groups is 1. The van der Waals surface area contributed by atoms with E-state index < -0.39 is 6.10 Å². The number of aliphatic hydroxyl groups excluding tert-OH is 1. The van der Waals surface area contributed by atoms with Crippen molar-refractivity contribution < 1.29 is 5.11 Å². The molecule has 0 aromatic heterocycles. The summed E-state index contributed by atoms with van der Waals surface area (Å²) in [5.41, 5.74) is 7.09. The van der Waals surface area contributed by atoms with E-state index in [0.29, 0.717) is 0 Å². The summed E-state index contributed by atoms with van der Waals surface area (Å²) in [5.74, 6) is 0. The van der Waals surface area contributed by atoms with Crippen molar-refractivity contribution >= 4 is 27.1 Å². The van der Waals surface area contributed by atoms with Gasteiger partial charge in [-0.15, -0.1) is 0 Å². The predicted molar refractivity (Wildman–Crippen MR) is 141 cm³/mol. The van der Waals surface area contributed by atoms with Crippen LogP contribution < -0.4 is 0 Å². The zero-order chi connectivity index (χ0) is 23.0. The molecule has 0 bridgehead atoms. The van der Waals surface area contributed by atoms with Gasteiger partial charge in [0.25, 0.3) is 0 Å². The second kappa shape index (κ2) is 8.65. The number of fused-ring (bicyclic) bond motifs is 5. The smallest absolute Gasteiger partial charge is 0.0762 e. The fourth-order valence-electron chi connectivity index (χ4n) is 5.49. The average molecular weight is 433 g/mol. The van der Waals surface area contributed by atoms with Crippen LogP contribution in [-0.2, 0) is 5.41 Å². The molecule has 0 radical (unpaired) electrons. The Balaban J connectivity index is 0.000000190. The van der Waals surface area contributed by atoms with Gasteiger partial charge in [-0.3, -0.25) is 0 Å². The summed E-state index contributed by atoms with van der Waals surface area (Å²) in [6.07, 6.45) is 7.74. The summed E-state index contributed by atoms with van der Waals surface area (Å²) >= 11 is 0. The number of hydrogen-bond acceptors (Lipinski definition) is 1. The Bertz CT molecular complexity index is 1320. The molecule has 33 heavy (non-hydrogen) atoms. The second-order valence-corrected chi connectivity index (χ2v) is 10.0. The molecule has 1 unspecified atom stereocenters. The van der Waals surface area contributed by atoms with Gasteiger partial charge in [-0.25, -0.2) is 0 Å². The number of rotatable bonds is 1. The SMILES string of the molecule is CC(O)c1ccc2c3c(ccc2c1)C1=C(CCC=C1)CC3(C)C.c1ccc2ccccc2c1. The first-order valence-corrected chi connectivity index (χ1v) is 12.0. The highest BCUT2D eigenvalue weighted by Gasteiger charge is 2.33. The van der Waals surface area contributed by atoms with E-state index in [1.165, 1.54) is 51.1 Å². The second-order valence-electron chi connectivity index (χ2n) is 10.0. The van der Waals surface area contributed by atoms with Gasteiger partial charge in [0, 0.05) is 0 Å². The molecule has 2 aliphatic rings. The third kappa shape index (κ3) is 4.14. The Labute approximate surface area is 197 Å². The number of benzene rings is 4. The van der Waals surface area contributed by atoms with Crippen molar-refractivity contribution in [3.05, 3.63) is 113 Å². The maximum Gasteiger partial charge on any atom is 0.0762 e. The lowest BCUT2D eigenvalue weighted by Crippen LogP contribution is -2.25. The van der Waals surface area contributed by atoms with Crippen molar-refractivity contribution in [3.63, 3.8) is 0 Å². The van der Waals surface area contributed by atoms with Crippen LogP contribution in [0.4, 0.5) is 0 Å². The minimum absolute atomic E-state index is 0.158. The van der Waals surface area contributed by atoms with E-state index >= 15 is 0 Å². The van der Waals surface area contributed by atoms with Crippen LogP contribution in [0.15, 0.2) is 96.6 Å². The Hall–Kier alpha value is -3.16. The first kappa shape index (κ1) is 21.7. The van der Waals surface area contributed by atoms with Crippen molar-refractivity contribution in [2.75, 3.05) is 0 Å². The largest absolute Gasteiger partial charge is 0.389 e. The van der Waals surface area contributed by atoms with Gasteiger partial charge in [-0.2, -0.15) is 0 Å². The molecule has 1 N–H and O–H groups in total. The molecule has 1 heteroatoms. The third-order valence-corrected chi connectivity index (χ3v) is 7.09. The first-order chi connectivity index (χ1) is 15.9. The highest BCUT2D eigenvalue weighted by atomic mass is 16.3. The van der Waals surface area contributed by atoms with Crippen molar-refractivity contribution in [2.24, 2.45) is 0 Å². The monoisotopic (exact) mass is 432 g/mol. The Morgan fingerprint density at radius 2 is 1.48 bits per heavy atom. The molecule has 4 aromatic rings. The summed E-state index contributed by atoms with van der Waals surface area (Å²) in [6, 6.07) is 27.6. The molecule has 0 saturated heterocycles. The lowest BCUT2D eigenvalue weighted by Gasteiger charge is -2.37. The van der Waals surface area contributed by atoms with Gasteiger partial charge in [0.1, 0.15) is 0 Å². The first-order valence-electron chi connectivity index (χ1n) is 12.0. The van der Waals surface area contributed by atoms with Crippen LogP contribution in [-0.4, -0.2) is 5.11 Å². The Morgan fingerprint density at radius 1 is 0.818 bits per heavy atom. The molecule has 0 fully saturated rings. The van der Waals surface area contributed by atoms with E-state index in [-0.39, 0.29) is 5.41 Å². The topological polar surface area (TPSA) is 20.2 Å². The van der Waals surface area contributed by atoms with Gasteiger partial charge < -0.3 is 5.11 Å². The minimum atomic E-state index is -0.418. The highest BCUT2D eigenvalue weighted by molar-refractivity contribution is 5.95. The summed E-state index contributed by atoms with van der Waals surface area (Å²) < 4.78 is 0. The highest BCUT2D eigenvalue weighted by Crippen LogP contribution is 2.48. The van der Waals surface area contributed by atoms with Gasteiger partial charge in [0.05, 0.1) is 6.10 Å². The predicted octanol–water partition coefficient (Wildman–Crippen LogP) is 8.52. The summed E-state index contributed by atoms with van der Waals surface area (Å²) in [4.78, 5) is 0. The van der Waals surface area contributed by atoms with Crippen molar-refractivity contribution in [1.29, 1.82) is 0 Å². The van der Waals surface area contributed by atoms with Crippen LogP contribution in [0.25, 0.3) is 27.1 Å². The van der Waals surface area contributed by atoms with E-state index in [1.807, 2.05) is 6.92 Å². The molecule has 0 amide bonds. The molecule has 0 saturated carbocycles. The van der Waals surface area contributed by atoms with Crippen LogP contribution in [0.2, 0.25) is 0 Å². The van der Waals surface area contributed by atoms with Crippen LogP contribution >= 0.6 is 0 Å². The molecule has 1 nitrogen and oxygen atoms in total. The lowest BCUT2D eigenvalue weighted by molar-refractivity contribution is 0.199. The number of allylic oxidation sites excluding steroid dienone is 4. The van der Waals surface area contributed by atoms with E-state index in [4.69, 9.17) is 0 Å². The maximum atomic E-state index is 9.86. The molecule has 6 rings (SSSR count). The van der Waals surface area contributed by atoms with Gasteiger partial charge in [-0.1, -0.05) is 104 Å². The van der Waals surface area contributed by atoms with Crippen LogP contribution in [0.1, 0.15) is 62.8 Å². The zero-order valence-electron chi connectivity index (χ0n) is 19.8.